The number of nitrogens with zero attached hydrogens (tertiary/aromatic N) is 6. The van der Waals surface area contributed by atoms with Gasteiger partial charge in [0.15, 0.2) is 5.82 Å². The van der Waals surface area contributed by atoms with E-state index in [4.69, 9.17) is 0 Å². The lowest BCUT2D eigenvalue weighted by Crippen LogP contribution is -2.44. The van der Waals surface area contributed by atoms with Crippen molar-refractivity contribution >= 4 is 34.4 Å². The summed E-state index contributed by atoms with van der Waals surface area (Å²) in [6.07, 6.45) is -0.595. The molecule has 0 unspecified atom stereocenters. The van der Waals surface area contributed by atoms with Gasteiger partial charge in [0, 0.05) is 81.3 Å². The number of piperidine rings is 1. The van der Waals surface area contributed by atoms with Gasteiger partial charge in [-0.1, -0.05) is 12.1 Å². The number of hydrogen-bond acceptors (Lipinski definition) is 8. The molecule has 0 aliphatic carbocycles. The fraction of sp³-hybridized carbons (Fsp3) is 0.419. The Morgan fingerprint density at radius 3 is 2.62 bits per heavy atom. The first kappa shape index (κ1) is 30.7. The van der Waals surface area contributed by atoms with Crippen LogP contribution < -0.4 is 21.3 Å². The zero-order valence-electron chi connectivity index (χ0n) is 25.3. The van der Waals surface area contributed by atoms with Gasteiger partial charge in [-0.15, -0.1) is 0 Å². The molecule has 0 spiro atoms. The summed E-state index contributed by atoms with van der Waals surface area (Å²) in [5.74, 6) is 0.846. The molecule has 4 N–H and O–H groups in total. The van der Waals surface area contributed by atoms with Crippen LogP contribution in [0.25, 0.3) is 22.2 Å². The Hall–Kier alpha value is -4.27. The third kappa shape index (κ3) is 7.52. The van der Waals surface area contributed by atoms with Gasteiger partial charge in [-0.25, -0.2) is 14.8 Å². The zero-order chi connectivity index (χ0) is 31.6. The third-order valence-electron chi connectivity index (χ3n) is 8.29. The maximum Gasteiger partial charge on any atom is 0.416 e. The molecule has 0 radical (unpaired) electrons. The summed E-state index contributed by atoms with van der Waals surface area (Å²) in [5.41, 5.74) is 1.84. The fourth-order valence-electron chi connectivity index (χ4n) is 5.80. The smallest absolute Gasteiger partial charge is 0.350 e. The van der Waals surface area contributed by atoms with Gasteiger partial charge in [0.2, 0.25) is 5.95 Å². The van der Waals surface area contributed by atoms with Gasteiger partial charge in [0.25, 0.3) is 0 Å². The highest BCUT2D eigenvalue weighted by atomic mass is 19.4. The molecule has 4 heterocycles. The van der Waals surface area contributed by atoms with Crippen LogP contribution in [0.4, 0.5) is 35.4 Å². The number of alkyl halides is 3. The molecule has 2 amide bonds. The molecule has 2 aromatic carbocycles. The van der Waals surface area contributed by atoms with Crippen molar-refractivity contribution in [3.8, 4) is 11.3 Å². The number of hydrogen-bond donors (Lipinski definition) is 4. The molecule has 4 aromatic rings. The number of aryl methyl sites for hydroxylation is 1. The lowest BCUT2D eigenvalue weighted by molar-refractivity contribution is -0.138. The van der Waals surface area contributed by atoms with Crippen molar-refractivity contribution in [2.75, 3.05) is 62.3 Å². The van der Waals surface area contributed by atoms with E-state index in [-0.39, 0.29) is 23.6 Å². The van der Waals surface area contributed by atoms with Crippen molar-refractivity contribution in [1.82, 2.24) is 34.9 Å². The summed E-state index contributed by atoms with van der Waals surface area (Å²) in [7, 11) is 3.75. The van der Waals surface area contributed by atoms with E-state index in [0.717, 1.165) is 67.2 Å². The van der Waals surface area contributed by atoms with Gasteiger partial charge in [0.05, 0.1) is 16.8 Å². The van der Waals surface area contributed by atoms with Gasteiger partial charge in [-0.2, -0.15) is 18.3 Å². The van der Waals surface area contributed by atoms with Crippen LogP contribution in [0.3, 0.4) is 0 Å². The second-order valence-electron chi connectivity index (χ2n) is 11.7. The zero-order valence-corrected chi connectivity index (χ0v) is 25.3. The monoisotopic (exact) mass is 622 g/mol. The average Bonchev–Trinajstić information content (AvgIpc) is 3.38. The molecule has 2 aliphatic heterocycles. The molecule has 0 bridgehead atoms. The van der Waals surface area contributed by atoms with Crippen LogP contribution in [0.5, 0.6) is 0 Å². The van der Waals surface area contributed by atoms with Crippen molar-refractivity contribution in [3.05, 3.63) is 59.8 Å². The van der Waals surface area contributed by atoms with Crippen LogP contribution in [0.1, 0.15) is 24.0 Å². The molecule has 2 saturated heterocycles. The van der Waals surface area contributed by atoms with E-state index in [1.54, 1.807) is 24.0 Å². The van der Waals surface area contributed by atoms with E-state index in [9.17, 15) is 18.0 Å². The predicted octanol–water partition coefficient (Wildman–Crippen LogP) is 4.60. The minimum absolute atomic E-state index is 0.0428. The summed E-state index contributed by atoms with van der Waals surface area (Å²) in [6.45, 7) is 5.13. The van der Waals surface area contributed by atoms with Crippen molar-refractivity contribution in [2.45, 2.75) is 31.6 Å². The molecule has 2 fully saturated rings. The first-order chi connectivity index (χ1) is 21.6. The Balaban J connectivity index is 1.12. The number of benzene rings is 2. The van der Waals surface area contributed by atoms with E-state index in [2.05, 4.69) is 41.2 Å². The summed E-state index contributed by atoms with van der Waals surface area (Å²) >= 11 is 0. The van der Waals surface area contributed by atoms with Crippen LogP contribution in [-0.4, -0.2) is 87.9 Å². The molecule has 14 heteroatoms. The van der Waals surface area contributed by atoms with E-state index in [0.29, 0.717) is 25.1 Å². The predicted molar refractivity (Wildman–Crippen MR) is 168 cm³/mol. The quantitative estimate of drug-likeness (QED) is 0.237. The number of piperazine rings is 1. The minimum Gasteiger partial charge on any atom is -0.350 e. The first-order valence-electron chi connectivity index (χ1n) is 15.1. The fourth-order valence-corrected chi connectivity index (χ4v) is 5.80. The van der Waals surface area contributed by atoms with Gasteiger partial charge in [-0.3, -0.25) is 14.9 Å². The van der Waals surface area contributed by atoms with Crippen LogP contribution in [0, 0.1) is 0 Å². The Labute approximate surface area is 259 Å². The van der Waals surface area contributed by atoms with E-state index >= 15 is 0 Å². The van der Waals surface area contributed by atoms with Crippen molar-refractivity contribution in [1.29, 1.82) is 0 Å². The topological polar surface area (TPSA) is 115 Å². The molecule has 0 saturated carbocycles. The van der Waals surface area contributed by atoms with Gasteiger partial charge < -0.3 is 20.9 Å². The lowest BCUT2D eigenvalue weighted by atomic mass is 10.0. The normalized spacial score (nSPS) is 18.2. The Kier molecular flexibility index (Phi) is 8.88. The van der Waals surface area contributed by atoms with Crippen LogP contribution in [0.15, 0.2) is 48.7 Å². The van der Waals surface area contributed by atoms with Crippen molar-refractivity contribution in [3.63, 3.8) is 0 Å². The number of nitrogens with one attached hydrogen (secondary N) is 4. The molecule has 6 rings (SSSR count). The number of halogens is 3. The summed E-state index contributed by atoms with van der Waals surface area (Å²) in [6, 6.07) is 11.0. The second-order valence-corrected chi connectivity index (χ2v) is 11.7. The molecule has 2 aromatic heterocycles. The van der Waals surface area contributed by atoms with E-state index in [1.807, 2.05) is 30.1 Å². The van der Waals surface area contributed by atoms with Crippen molar-refractivity contribution in [2.24, 2.45) is 7.05 Å². The maximum absolute atomic E-state index is 14.0. The van der Waals surface area contributed by atoms with Gasteiger partial charge >= 0.3 is 12.2 Å². The number of amides is 2. The van der Waals surface area contributed by atoms with Crippen LogP contribution in [0.2, 0.25) is 0 Å². The van der Waals surface area contributed by atoms with Crippen LogP contribution >= 0.6 is 0 Å². The number of anilines is 3. The molecule has 45 heavy (non-hydrogen) atoms. The molecule has 11 nitrogen and oxygen atoms in total. The minimum atomic E-state index is -4.55. The summed E-state index contributed by atoms with van der Waals surface area (Å²) < 4.78 is 43.5. The Bertz CT molecular complexity index is 1660. The molecule has 1 atom stereocenters. The highest BCUT2D eigenvalue weighted by molar-refractivity contribution is 5.99. The number of rotatable bonds is 7. The average molecular weight is 623 g/mol. The molecule has 238 valence electrons. The van der Waals surface area contributed by atoms with Crippen LogP contribution in [-0.2, 0) is 19.8 Å². The van der Waals surface area contributed by atoms with E-state index < -0.39 is 17.8 Å². The molecular weight excluding hydrogens is 585 g/mol. The Morgan fingerprint density at radius 2 is 1.87 bits per heavy atom. The lowest BCUT2D eigenvalue weighted by Gasteiger charge is -2.33. The number of aromatic nitrogens is 4. The molecule has 2 aliphatic rings. The highest BCUT2D eigenvalue weighted by Crippen LogP contribution is 2.35. The standard InChI is InChI=1S/C31H37F3N10O/c1-42-10-12-44(13-11-42)19-21-5-7-23(15-25(21)31(32,33)34)38-30(45)40-28-16-27(43(2)41-28)20-6-8-26-22(14-20)17-36-29(39-26)37-24-4-3-9-35-18-24/h5-8,14-17,24,35H,3-4,9-13,18-19H2,1-2H3,(H,36,37,39)(H2,38,40,41,45)/t24-/m1/s1. The highest BCUT2D eigenvalue weighted by Gasteiger charge is 2.34. The number of likely N-dealkylation sites (N-methyl/N-ethyl adjacent to an activating group) is 1. The maximum atomic E-state index is 14.0. The van der Waals surface area contributed by atoms with Crippen molar-refractivity contribution < 1.29 is 18.0 Å². The largest absolute Gasteiger partial charge is 0.416 e. The SMILES string of the molecule is CN1CCN(Cc2ccc(NC(=O)Nc3cc(-c4ccc5nc(N[C@@H]6CCCNC6)ncc5c4)n(C)n3)cc2C(F)(F)F)CC1. The second kappa shape index (κ2) is 13.0. The number of carbonyl (C=O) groups is 1. The summed E-state index contributed by atoms with van der Waals surface area (Å²) in [4.78, 5) is 26.1. The molecular formula is C31H37F3N10O. The number of urea groups is 1. The van der Waals surface area contributed by atoms with Gasteiger partial charge in [-0.05, 0) is 56.3 Å². The Morgan fingerprint density at radius 1 is 1.04 bits per heavy atom. The third-order valence-corrected chi connectivity index (χ3v) is 8.29. The van der Waals surface area contributed by atoms with Gasteiger partial charge in [0.1, 0.15) is 0 Å². The first-order valence-corrected chi connectivity index (χ1v) is 15.1. The summed E-state index contributed by atoms with van der Waals surface area (Å²) in [5, 5.41) is 17.1. The number of fused-ring (bicyclic) bond motifs is 1. The number of carbonyl (C=O) groups excluding carboxylic acids is 1. The van der Waals surface area contributed by atoms with E-state index in [1.165, 1.54) is 12.1 Å².